The first-order valence-corrected chi connectivity index (χ1v) is 3.64. The number of benzene rings is 1. The van der Waals surface area contributed by atoms with E-state index in [0.29, 0.717) is 5.56 Å². The smallest absolute Gasteiger partial charge is 0.130 e. The molecule has 0 bridgehead atoms. The largest absolute Gasteiger partial charge is 0.206 e. The molecule has 1 rings (SSSR count). The number of halogens is 1. The van der Waals surface area contributed by atoms with Gasteiger partial charge in [-0.2, -0.15) is 0 Å². The van der Waals surface area contributed by atoms with Crippen LogP contribution in [0.25, 0.3) is 6.08 Å². The van der Waals surface area contributed by atoms with Crippen LogP contribution in [0.15, 0.2) is 30.1 Å². The lowest BCUT2D eigenvalue weighted by Gasteiger charge is -1.92. The molecule has 0 saturated heterocycles. The summed E-state index contributed by atoms with van der Waals surface area (Å²) in [7, 11) is 2.40. The molecule has 0 amide bonds. The van der Waals surface area contributed by atoms with Crippen molar-refractivity contribution < 1.29 is 4.39 Å². The van der Waals surface area contributed by atoms with Gasteiger partial charge in [0.15, 0.2) is 0 Å². The summed E-state index contributed by atoms with van der Waals surface area (Å²) in [5, 5.41) is 0. The van der Waals surface area contributed by atoms with E-state index in [-0.39, 0.29) is 5.82 Å². The normalized spacial score (nSPS) is 10.6. The third-order valence-corrected chi connectivity index (χ3v) is 1.37. The quantitative estimate of drug-likeness (QED) is 0.545. The number of rotatable bonds is 1. The molecule has 0 radical (unpaired) electrons. The maximum Gasteiger partial charge on any atom is 0.130 e. The first-order chi connectivity index (χ1) is 4.84. The predicted octanol–water partition coefficient (Wildman–Crippen LogP) is 2.67. The fourth-order valence-corrected chi connectivity index (χ4v) is 0.921. The van der Waals surface area contributed by atoms with Gasteiger partial charge in [-0.1, -0.05) is 30.1 Å². The van der Waals surface area contributed by atoms with Crippen molar-refractivity contribution in [3.05, 3.63) is 41.5 Å². The SMILES string of the molecule is Fc1ccccc1/C=C/P. The van der Waals surface area contributed by atoms with Crippen LogP contribution in [-0.4, -0.2) is 0 Å². The van der Waals surface area contributed by atoms with Crippen LogP contribution < -0.4 is 0 Å². The number of hydrogen-bond acceptors (Lipinski definition) is 0. The Morgan fingerprint density at radius 3 is 2.60 bits per heavy atom. The third-order valence-electron chi connectivity index (χ3n) is 1.18. The van der Waals surface area contributed by atoms with E-state index in [1.54, 1.807) is 24.0 Å². The van der Waals surface area contributed by atoms with Crippen molar-refractivity contribution >= 4 is 15.3 Å². The van der Waals surface area contributed by atoms with Crippen molar-refractivity contribution in [3.8, 4) is 0 Å². The highest BCUT2D eigenvalue weighted by molar-refractivity contribution is 7.21. The molecule has 52 valence electrons. The first kappa shape index (κ1) is 7.43. The maximum absolute atomic E-state index is 12.7. The minimum Gasteiger partial charge on any atom is -0.206 e. The second kappa shape index (κ2) is 3.48. The molecule has 10 heavy (non-hydrogen) atoms. The summed E-state index contributed by atoms with van der Waals surface area (Å²) in [4.78, 5) is 0. The standard InChI is InChI=1S/C8H8FP/c9-8-4-2-1-3-7(8)5-6-10/h1-6H,10H2/b6-5+. The zero-order chi connectivity index (χ0) is 7.40. The Kier molecular flexibility index (Phi) is 2.58. The summed E-state index contributed by atoms with van der Waals surface area (Å²) < 4.78 is 12.7. The van der Waals surface area contributed by atoms with E-state index in [4.69, 9.17) is 0 Å². The Morgan fingerprint density at radius 2 is 2.00 bits per heavy atom. The highest BCUT2D eigenvalue weighted by Gasteiger charge is 1.92. The maximum atomic E-state index is 12.7. The Balaban J connectivity index is 3.03. The van der Waals surface area contributed by atoms with Crippen LogP contribution >= 0.6 is 9.24 Å². The van der Waals surface area contributed by atoms with Gasteiger partial charge in [0, 0.05) is 5.56 Å². The van der Waals surface area contributed by atoms with Crippen LogP contribution in [0.1, 0.15) is 5.56 Å². The Labute approximate surface area is 62.0 Å². The lowest BCUT2D eigenvalue weighted by molar-refractivity contribution is 0.625. The zero-order valence-corrected chi connectivity index (χ0v) is 6.57. The highest BCUT2D eigenvalue weighted by atomic mass is 31.0. The average molecular weight is 154 g/mol. The molecule has 0 aliphatic heterocycles. The van der Waals surface area contributed by atoms with E-state index in [0.717, 1.165) is 0 Å². The minimum atomic E-state index is -0.179. The molecular formula is C8H8FP. The molecule has 0 spiro atoms. The molecule has 0 aliphatic carbocycles. The van der Waals surface area contributed by atoms with Gasteiger partial charge in [-0.05, 0) is 6.07 Å². The van der Waals surface area contributed by atoms with Gasteiger partial charge in [0.2, 0.25) is 0 Å². The van der Waals surface area contributed by atoms with Gasteiger partial charge < -0.3 is 0 Å². The van der Waals surface area contributed by atoms with E-state index in [9.17, 15) is 4.39 Å². The molecule has 0 N–H and O–H groups in total. The van der Waals surface area contributed by atoms with Gasteiger partial charge in [0.05, 0.1) is 0 Å². The van der Waals surface area contributed by atoms with Crippen LogP contribution in [0.3, 0.4) is 0 Å². The monoisotopic (exact) mass is 154 g/mol. The molecule has 0 heterocycles. The van der Waals surface area contributed by atoms with Crippen LogP contribution in [0.5, 0.6) is 0 Å². The second-order valence-corrected chi connectivity index (χ2v) is 2.27. The average Bonchev–Trinajstić information content (AvgIpc) is 1.94. The summed E-state index contributed by atoms with van der Waals surface area (Å²) in [6, 6.07) is 6.66. The van der Waals surface area contributed by atoms with Gasteiger partial charge in [0.1, 0.15) is 5.82 Å². The molecule has 2 heteroatoms. The van der Waals surface area contributed by atoms with Gasteiger partial charge in [-0.3, -0.25) is 0 Å². The van der Waals surface area contributed by atoms with Gasteiger partial charge in [-0.15, -0.1) is 9.24 Å². The molecule has 1 atom stereocenters. The molecule has 1 unspecified atom stereocenters. The zero-order valence-electron chi connectivity index (χ0n) is 5.42. The Morgan fingerprint density at radius 1 is 1.30 bits per heavy atom. The topological polar surface area (TPSA) is 0 Å². The molecule has 0 fully saturated rings. The fraction of sp³-hybridized carbons (Fsp3) is 0. The van der Waals surface area contributed by atoms with Crippen molar-refractivity contribution in [3.63, 3.8) is 0 Å². The van der Waals surface area contributed by atoms with E-state index >= 15 is 0 Å². The molecule has 0 aliphatic rings. The minimum absolute atomic E-state index is 0.179. The van der Waals surface area contributed by atoms with Crippen LogP contribution in [-0.2, 0) is 0 Å². The lowest BCUT2D eigenvalue weighted by atomic mass is 10.2. The summed E-state index contributed by atoms with van der Waals surface area (Å²) in [5.41, 5.74) is 0.623. The first-order valence-electron chi connectivity index (χ1n) is 2.97. The van der Waals surface area contributed by atoms with E-state index < -0.39 is 0 Å². The molecule has 1 aromatic carbocycles. The number of hydrogen-bond donors (Lipinski definition) is 0. The van der Waals surface area contributed by atoms with E-state index in [2.05, 4.69) is 9.24 Å². The molecule has 0 saturated carbocycles. The fourth-order valence-electron chi connectivity index (χ4n) is 0.714. The summed E-state index contributed by atoms with van der Waals surface area (Å²) in [6.45, 7) is 0. The van der Waals surface area contributed by atoms with Crippen LogP contribution in [0.2, 0.25) is 0 Å². The van der Waals surface area contributed by atoms with Crippen molar-refractivity contribution in [2.24, 2.45) is 0 Å². The molecule has 0 nitrogen and oxygen atoms in total. The van der Waals surface area contributed by atoms with Gasteiger partial charge in [-0.25, -0.2) is 4.39 Å². The molecular weight excluding hydrogens is 146 g/mol. The van der Waals surface area contributed by atoms with Crippen molar-refractivity contribution in [1.29, 1.82) is 0 Å². The third kappa shape index (κ3) is 1.65. The highest BCUT2D eigenvalue weighted by Crippen LogP contribution is 2.08. The van der Waals surface area contributed by atoms with E-state index in [1.807, 2.05) is 6.07 Å². The molecule has 0 aromatic heterocycles. The summed E-state index contributed by atoms with van der Waals surface area (Å²) >= 11 is 0. The summed E-state index contributed by atoms with van der Waals surface area (Å²) in [6.07, 6.45) is 1.71. The van der Waals surface area contributed by atoms with E-state index in [1.165, 1.54) is 6.07 Å². The van der Waals surface area contributed by atoms with Gasteiger partial charge >= 0.3 is 0 Å². The van der Waals surface area contributed by atoms with Gasteiger partial charge in [0.25, 0.3) is 0 Å². The molecule has 1 aromatic rings. The lowest BCUT2D eigenvalue weighted by Crippen LogP contribution is -1.77. The second-order valence-electron chi connectivity index (χ2n) is 1.88. The van der Waals surface area contributed by atoms with Crippen molar-refractivity contribution in [2.75, 3.05) is 0 Å². The predicted molar refractivity (Wildman–Crippen MR) is 45.1 cm³/mol. The van der Waals surface area contributed by atoms with Crippen LogP contribution in [0, 0.1) is 5.82 Å². The van der Waals surface area contributed by atoms with Crippen molar-refractivity contribution in [1.82, 2.24) is 0 Å². The summed E-state index contributed by atoms with van der Waals surface area (Å²) in [5.74, 6) is 1.56. The Bertz CT molecular complexity index is 243. The van der Waals surface area contributed by atoms with Crippen molar-refractivity contribution in [2.45, 2.75) is 0 Å². The Hall–Kier alpha value is -0.680. The van der Waals surface area contributed by atoms with Crippen LogP contribution in [0.4, 0.5) is 4.39 Å².